The molecular weight excluding hydrogens is 270 g/mol. The quantitative estimate of drug-likeness (QED) is 0.815. The molecule has 1 amide bonds. The maximum Gasteiger partial charge on any atom is 0.244 e. The number of rotatable bonds is 6. The highest BCUT2D eigenvalue weighted by molar-refractivity contribution is 5.92. The Kier molecular flexibility index (Phi) is 5.63. The molecule has 0 bridgehead atoms. The third kappa shape index (κ3) is 4.49. The smallest absolute Gasteiger partial charge is 0.244 e. The summed E-state index contributed by atoms with van der Waals surface area (Å²) in [7, 11) is 3.19. The Morgan fingerprint density at radius 1 is 1.43 bits per heavy atom. The van der Waals surface area contributed by atoms with Gasteiger partial charge in [0.1, 0.15) is 11.5 Å². The van der Waals surface area contributed by atoms with Crippen molar-refractivity contribution >= 4 is 12.0 Å². The van der Waals surface area contributed by atoms with E-state index in [9.17, 15) is 4.79 Å². The molecule has 1 aromatic rings. The van der Waals surface area contributed by atoms with Crippen LogP contribution in [0.1, 0.15) is 18.4 Å². The molecule has 114 valence electrons. The van der Waals surface area contributed by atoms with E-state index in [1.54, 1.807) is 26.4 Å². The highest BCUT2D eigenvalue weighted by Crippen LogP contribution is 2.25. The van der Waals surface area contributed by atoms with Crippen molar-refractivity contribution in [3.8, 4) is 11.5 Å². The van der Waals surface area contributed by atoms with Crippen LogP contribution >= 0.6 is 0 Å². The number of ether oxygens (including phenoxy) is 3. The van der Waals surface area contributed by atoms with Crippen molar-refractivity contribution in [1.29, 1.82) is 0 Å². The number of benzene rings is 1. The molecule has 1 N–H and O–H groups in total. The Bertz CT molecular complexity index is 507. The van der Waals surface area contributed by atoms with Crippen molar-refractivity contribution in [1.82, 2.24) is 5.32 Å². The van der Waals surface area contributed by atoms with Gasteiger partial charge in [-0.2, -0.15) is 0 Å². The minimum Gasteiger partial charge on any atom is -0.497 e. The van der Waals surface area contributed by atoms with Gasteiger partial charge in [0.05, 0.1) is 20.3 Å². The molecule has 5 nitrogen and oxygen atoms in total. The van der Waals surface area contributed by atoms with Gasteiger partial charge >= 0.3 is 0 Å². The lowest BCUT2D eigenvalue weighted by molar-refractivity contribution is -0.116. The summed E-state index contributed by atoms with van der Waals surface area (Å²) in [5.74, 6) is 1.24. The fraction of sp³-hybridized carbons (Fsp3) is 0.438. The van der Waals surface area contributed by atoms with Gasteiger partial charge in [-0.15, -0.1) is 0 Å². The van der Waals surface area contributed by atoms with Gasteiger partial charge in [-0.05, 0) is 31.1 Å². The maximum atomic E-state index is 11.8. The van der Waals surface area contributed by atoms with E-state index in [0.29, 0.717) is 18.0 Å². The van der Waals surface area contributed by atoms with Crippen molar-refractivity contribution in [2.24, 2.45) is 0 Å². The molecule has 1 heterocycles. The van der Waals surface area contributed by atoms with E-state index in [0.717, 1.165) is 25.0 Å². The minimum absolute atomic E-state index is 0.136. The first-order chi connectivity index (χ1) is 10.2. The zero-order valence-electron chi connectivity index (χ0n) is 12.4. The number of methoxy groups -OCH3 is 2. The predicted octanol–water partition coefficient (Wildman–Crippen LogP) is 2.01. The molecule has 1 aliphatic rings. The van der Waals surface area contributed by atoms with E-state index >= 15 is 0 Å². The standard InChI is InChI=1S/C16H21NO4/c1-19-13-7-5-12(15(10-13)20-2)6-8-16(18)17-11-14-4-3-9-21-14/h5-8,10,14H,3-4,9,11H2,1-2H3,(H,17,18)/b8-6+/t14-/m1/s1. The lowest BCUT2D eigenvalue weighted by Gasteiger charge is -2.09. The summed E-state index contributed by atoms with van der Waals surface area (Å²) in [6.45, 7) is 1.35. The molecule has 0 saturated carbocycles. The van der Waals surface area contributed by atoms with Gasteiger partial charge in [0, 0.05) is 30.9 Å². The second-order valence-corrected chi connectivity index (χ2v) is 4.82. The molecule has 0 unspecified atom stereocenters. The van der Waals surface area contributed by atoms with Gasteiger partial charge in [-0.3, -0.25) is 4.79 Å². The molecule has 0 radical (unpaired) electrons. The van der Waals surface area contributed by atoms with Gasteiger partial charge in [0.25, 0.3) is 0 Å². The van der Waals surface area contributed by atoms with Crippen LogP contribution in [0.2, 0.25) is 0 Å². The van der Waals surface area contributed by atoms with E-state index < -0.39 is 0 Å². The van der Waals surface area contributed by atoms with Crippen LogP contribution in [0, 0.1) is 0 Å². The average molecular weight is 291 g/mol. The third-order valence-electron chi connectivity index (χ3n) is 3.38. The molecule has 0 aromatic heterocycles. The third-order valence-corrected chi connectivity index (χ3v) is 3.38. The first kappa shape index (κ1) is 15.4. The summed E-state index contributed by atoms with van der Waals surface area (Å²) in [5, 5.41) is 2.84. The molecule has 1 aliphatic heterocycles. The largest absolute Gasteiger partial charge is 0.497 e. The van der Waals surface area contributed by atoms with Gasteiger partial charge in [-0.25, -0.2) is 0 Å². The van der Waals surface area contributed by atoms with Crippen LogP contribution in [0.5, 0.6) is 11.5 Å². The normalized spacial score (nSPS) is 17.9. The zero-order valence-corrected chi connectivity index (χ0v) is 12.4. The second-order valence-electron chi connectivity index (χ2n) is 4.82. The topological polar surface area (TPSA) is 56.8 Å². The minimum atomic E-state index is -0.136. The molecule has 1 atom stereocenters. The summed E-state index contributed by atoms with van der Waals surface area (Å²) in [4.78, 5) is 11.8. The maximum absolute atomic E-state index is 11.8. The van der Waals surface area contributed by atoms with E-state index in [1.807, 2.05) is 12.1 Å². The van der Waals surface area contributed by atoms with Crippen LogP contribution in [-0.4, -0.2) is 39.4 Å². The monoisotopic (exact) mass is 291 g/mol. The number of nitrogens with one attached hydrogen (secondary N) is 1. The molecule has 21 heavy (non-hydrogen) atoms. The van der Waals surface area contributed by atoms with Crippen LogP contribution < -0.4 is 14.8 Å². The molecule has 2 rings (SSSR count). The predicted molar refractivity (Wildman–Crippen MR) is 80.6 cm³/mol. The van der Waals surface area contributed by atoms with E-state index in [-0.39, 0.29) is 12.0 Å². The van der Waals surface area contributed by atoms with E-state index in [2.05, 4.69) is 5.32 Å². The first-order valence-corrected chi connectivity index (χ1v) is 7.02. The lowest BCUT2D eigenvalue weighted by Crippen LogP contribution is -2.30. The summed E-state index contributed by atoms with van der Waals surface area (Å²) < 4.78 is 15.9. The average Bonchev–Trinajstić information content (AvgIpc) is 3.04. The number of hydrogen-bond acceptors (Lipinski definition) is 4. The second kappa shape index (κ2) is 7.69. The molecule has 1 saturated heterocycles. The fourth-order valence-corrected chi connectivity index (χ4v) is 2.20. The van der Waals surface area contributed by atoms with Crippen LogP contribution in [0.3, 0.4) is 0 Å². The van der Waals surface area contributed by atoms with Gasteiger partial charge in [0.15, 0.2) is 0 Å². The molecule has 0 aliphatic carbocycles. The summed E-state index contributed by atoms with van der Waals surface area (Å²) in [6, 6.07) is 5.46. The summed E-state index contributed by atoms with van der Waals surface area (Å²) in [6.07, 6.45) is 5.45. The number of hydrogen-bond donors (Lipinski definition) is 1. The van der Waals surface area contributed by atoms with Crippen molar-refractivity contribution in [2.45, 2.75) is 18.9 Å². The van der Waals surface area contributed by atoms with Gasteiger partial charge < -0.3 is 19.5 Å². The van der Waals surface area contributed by atoms with Crippen LogP contribution in [0.4, 0.5) is 0 Å². The van der Waals surface area contributed by atoms with Crippen molar-refractivity contribution in [3.05, 3.63) is 29.8 Å². The van der Waals surface area contributed by atoms with Crippen molar-refractivity contribution in [2.75, 3.05) is 27.4 Å². The summed E-state index contributed by atoms with van der Waals surface area (Å²) in [5.41, 5.74) is 0.825. The summed E-state index contributed by atoms with van der Waals surface area (Å²) >= 11 is 0. The highest BCUT2D eigenvalue weighted by atomic mass is 16.5. The highest BCUT2D eigenvalue weighted by Gasteiger charge is 2.15. The van der Waals surface area contributed by atoms with Crippen LogP contribution in [0.15, 0.2) is 24.3 Å². The number of amides is 1. The molecule has 1 aromatic carbocycles. The first-order valence-electron chi connectivity index (χ1n) is 7.02. The Balaban J connectivity index is 1.91. The number of carbonyl (C=O) groups is 1. The number of carbonyl (C=O) groups excluding carboxylic acids is 1. The lowest BCUT2D eigenvalue weighted by atomic mass is 10.1. The Labute approximate surface area is 124 Å². The Morgan fingerprint density at radius 2 is 2.29 bits per heavy atom. The molecule has 5 heteroatoms. The van der Waals surface area contributed by atoms with Gasteiger partial charge in [-0.1, -0.05) is 0 Å². The fourth-order valence-electron chi connectivity index (χ4n) is 2.20. The van der Waals surface area contributed by atoms with Crippen LogP contribution in [0.25, 0.3) is 6.08 Å². The SMILES string of the molecule is COc1ccc(/C=C/C(=O)NC[C@H]2CCCO2)c(OC)c1. The zero-order chi connectivity index (χ0) is 15.1. The van der Waals surface area contributed by atoms with Gasteiger partial charge in [0.2, 0.25) is 5.91 Å². The van der Waals surface area contributed by atoms with Crippen molar-refractivity contribution < 1.29 is 19.0 Å². The molecular formula is C16H21NO4. The van der Waals surface area contributed by atoms with Crippen molar-refractivity contribution in [3.63, 3.8) is 0 Å². The Hall–Kier alpha value is -2.01. The molecule has 1 fully saturated rings. The van der Waals surface area contributed by atoms with Crippen LogP contribution in [-0.2, 0) is 9.53 Å². The Morgan fingerprint density at radius 3 is 2.95 bits per heavy atom. The van der Waals surface area contributed by atoms with E-state index in [4.69, 9.17) is 14.2 Å². The molecule has 0 spiro atoms. The van der Waals surface area contributed by atoms with E-state index in [1.165, 1.54) is 6.08 Å².